The Morgan fingerprint density at radius 2 is 2.08 bits per heavy atom. The Labute approximate surface area is 138 Å². The van der Waals surface area contributed by atoms with Crippen LogP contribution in [0.15, 0.2) is 54.9 Å². The van der Waals surface area contributed by atoms with Gasteiger partial charge in [0.1, 0.15) is 18.2 Å². The van der Waals surface area contributed by atoms with Gasteiger partial charge in [-0.1, -0.05) is 24.3 Å². The molecule has 0 saturated heterocycles. The Hall–Kier alpha value is -2.95. The summed E-state index contributed by atoms with van der Waals surface area (Å²) >= 11 is 0. The van der Waals surface area contributed by atoms with Crippen LogP contribution in [-0.2, 0) is 11.2 Å². The first-order chi connectivity index (χ1) is 11.7. The maximum Gasteiger partial charge on any atom is 0.231 e. The maximum absolute atomic E-state index is 13.4. The van der Waals surface area contributed by atoms with Gasteiger partial charge in [-0.25, -0.2) is 4.39 Å². The maximum atomic E-state index is 13.4. The number of anilines is 1. The van der Waals surface area contributed by atoms with Gasteiger partial charge in [0.25, 0.3) is 0 Å². The molecule has 0 aliphatic carbocycles. The number of fused-ring (bicyclic) bond motifs is 2. The lowest BCUT2D eigenvalue weighted by Crippen LogP contribution is -2.32. The molecule has 24 heavy (non-hydrogen) atoms. The summed E-state index contributed by atoms with van der Waals surface area (Å²) < 4.78 is 19.0. The van der Waals surface area contributed by atoms with E-state index >= 15 is 0 Å². The first kappa shape index (κ1) is 14.6. The van der Waals surface area contributed by atoms with E-state index in [1.165, 1.54) is 12.1 Å². The third kappa shape index (κ3) is 2.69. The molecule has 1 amide bonds. The van der Waals surface area contributed by atoms with E-state index in [-0.39, 0.29) is 24.2 Å². The number of halogens is 1. The van der Waals surface area contributed by atoms with Crippen LogP contribution in [0.1, 0.15) is 5.56 Å². The van der Waals surface area contributed by atoms with Gasteiger partial charge in [-0.05, 0) is 30.2 Å². The minimum absolute atomic E-state index is 0.150. The van der Waals surface area contributed by atoms with Crippen molar-refractivity contribution >= 4 is 22.4 Å². The molecule has 1 aliphatic rings. The molecule has 0 radical (unpaired) electrons. The molecule has 4 nitrogen and oxygen atoms in total. The fraction of sp³-hybridized carbons (Fsp3) is 0.158. The molecule has 1 aromatic heterocycles. The summed E-state index contributed by atoms with van der Waals surface area (Å²) in [5.41, 5.74) is 1.39. The molecule has 1 aliphatic heterocycles. The van der Waals surface area contributed by atoms with Gasteiger partial charge in [0.2, 0.25) is 5.91 Å². The number of aromatic nitrogens is 1. The number of carbonyl (C=O) groups is 1. The zero-order chi connectivity index (χ0) is 16.5. The molecule has 120 valence electrons. The molecule has 2 heterocycles. The summed E-state index contributed by atoms with van der Waals surface area (Å²) in [7, 11) is 0. The molecule has 0 bridgehead atoms. The fourth-order valence-electron chi connectivity index (χ4n) is 2.98. The van der Waals surface area contributed by atoms with Crippen molar-refractivity contribution in [3.63, 3.8) is 0 Å². The largest absolute Gasteiger partial charge is 0.492 e. The molecule has 0 fully saturated rings. The van der Waals surface area contributed by atoms with Crippen LogP contribution < -0.4 is 10.1 Å². The second kappa shape index (κ2) is 5.92. The number of rotatable bonds is 2. The van der Waals surface area contributed by atoms with Gasteiger partial charge in [-0.3, -0.25) is 9.78 Å². The normalized spacial score (nSPS) is 16.3. The average molecular weight is 322 g/mol. The Kier molecular flexibility index (Phi) is 3.61. The van der Waals surface area contributed by atoms with Crippen LogP contribution in [0.25, 0.3) is 10.8 Å². The number of hydrogen-bond acceptors (Lipinski definition) is 3. The lowest BCUT2D eigenvalue weighted by atomic mass is 9.95. The van der Waals surface area contributed by atoms with Crippen molar-refractivity contribution < 1.29 is 13.9 Å². The van der Waals surface area contributed by atoms with E-state index in [0.717, 1.165) is 16.3 Å². The van der Waals surface area contributed by atoms with Crippen molar-refractivity contribution in [1.82, 2.24) is 4.98 Å². The number of nitrogens with one attached hydrogen (secondary N) is 1. The second-order valence-corrected chi connectivity index (χ2v) is 5.86. The Bertz CT molecular complexity index is 921. The van der Waals surface area contributed by atoms with E-state index < -0.39 is 0 Å². The average Bonchev–Trinajstić information content (AvgIpc) is 2.61. The van der Waals surface area contributed by atoms with Gasteiger partial charge in [0.05, 0.1) is 17.8 Å². The van der Waals surface area contributed by atoms with Crippen LogP contribution in [0.4, 0.5) is 10.1 Å². The number of hydrogen-bond donors (Lipinski definition) is 1. The van der Waals surface area contributed by atoms with Gasteiger partial charge < -0.3 is 10.1 Å². The minimum atomic E-state index is -0.363. The molecular formula is C19H15FN2O2. The highest BCUT2D eigenvalue weighted by atomic mass is 19.1. The summed E-state index contributed by atoms with van der Waals surface area (Å²) in [6.45, 7) is 0.280. The quantitative estimate of drug-likeness (QED) is 0.785. The standard InChI is InChI=1S/C19H15FN2O2/c20-15-5-6-18-13(8-15)7-14(11-24-18)19(23)22-17-10-21-9-12-3-1-2-4-16(12)17/h1-6,8-10,14H,7,11H2,(H,22,23). The van der Waals surface area contributed by atoms with E-state index in [4.69, 9.17) is 4.74 Å². The lowest BCUT2D eigenvalue weighted by molar-refractivity contribution is -0.121. The first-order valence-electron chi connectivity index (χ1n) is 7.75. The van der Waals surface area contributed by atoms with E-state index in [2.05, 4.69) is 10.3 Å². The third-order valence-electron chi connectivity index (χ3n) is 4.23. The summed E-state index contributed by atoms with van der Waals surface area (Å²) in [6, 6.07) is 12.1. The van der Waals surface area contributed by atoms with E-state index in [9.17, 15) is 9.18 Å². The number of nitrogens with zero attached hydrogens (tertiary/aromatic N) is 1. The molecule has 0 saturated carbocycles. The van der Waals surface area contributed by atoms with Gasteiger partial charge in [-0.15, -0.1) is 0 Å². The fourth-order valence-corrected chi connectivity index (χ4v) is 2.98. The predicted molar refractivity (Wildman–Crippen MR) is 89.5 cm³/mol. The van der Waals surface area contributed by atoms with Gasteiger partial charge in [0, 0.05) is 17.0 Å². The van der Waals surface area contributed by atoms with Crippen molar-refractivity contribution in [2.75, 3.05) is 11.9 Å². The molecule has 1 unspecified atom stereocenters. The topological polar surface area (TPSA) is 51.2 Å². The molecular weight excluding hydrogens is 307 g/mol. The number of benzene rings is 2. The summed E-state index contributed by atoms with van der Waals surface area (Å²) in [5.74, 6) is -0.190. The number of pyridine rings is 1. The predicted octanol–water partition coefficient (Wildman–Crippen LogP) is 3.56. The number of amides is 1. The highest BCUT2D eigenvalue weighted by Crippen LogP contribution is 2.29. The van der Waals surface area contributed by atoms with E-state index in [1.807, 2.05) is 24.3 Å². The van der Waals surface area contributed by atoms with Crippen LogP contribution in [0.5, 0.6) is 5.75 Å². The first-order valence-corrected chi connectivity index (χ1v) is 7.75. The lowest BCUT2D eigenvalue weighted by Gasteiger charge is -2.24. The molecule has 4 rings (SSSR count). The Balaban J connectivity index is 1.56. The molecule has 1 atom stereocenters. The minimum Gasteiger partial charge on any atom is -0.492 e. The zero-order valence-electron chi connectivity index (χ0n) is 12.8. The van der Waals surface area contributed by atoms with Crippen LogP contribution in [-0.4, -0.2) is 17.5 Å². The Morgan fingerprint density at radius 3 is 3.00 bits per heavy atom. The van der Waals surface area contributed by atoms with Gasteiger partial charge in [-0.2, -0.15) is 0 Å². The van der Waals surface area contributed by atoms with Crippen LogP contribution >= 0.6 is 0 Å². The molecule has 0 spiro atoms. The monoisotopic (exact) mass is 322 g/mol. The highest BCUT2D eigenvalue weighted by Gasteiger charge is 2.26. The Morgan fingerprint density at radius 1 is 1.21 bits per heavy atom. The summed E-state index contributed by atoms with van der Waals surface area (Å²) in [4.78, 5) is 16.8. The van der Waals surface area contributed by atoms with Gasteiger partial charge in [0.15, 0.2) is 0 Å². The second-order valence-electron chi connectivity index (χ2n) is 5.86. The van der Waals surface area contributed by atoms with Crippen molar-refractivity contribution in [2.45, 2.75) is 6.42 Å². The third-order valence-corrected chi connectivity index (χ3v) is 4.23. The van der Waals surface area contributed by atoms with E-state index in [0.29, 0.717) is 17.9 Å². The smallest absolute Gasteiger partial charge is 0.231 e. The van der Waals surface area contributed by atoms with Crippen molar-refractivity contribution in [2.24, 2.45) is 5.92 Å². The van der Waals surface area contributed by atoms with Crippen molar-refractivity contribution in [1.29, 1.82) is 0 Å². The van der Waals surface area contributed by atoms with Crippen LogP contribution in [0.3, 0.4) is 0 Å². The molecule has 2 aromatic carbocycles. The molecule has 5 heteroatoms. The summed E-state index contributed by atoms with van der Waals surface area (Å²) in [6.07, 6.45) is 3.85. The molecule has 3 aromatic rings. The zero-order valence-corrected chi connectivity index (χ0v) is 12.8. The van der Waals surface area contributed by atoms with E-state index in [1.54, 1.807) is 18.5 Å². The SMILES string of the molecule is O=C(Nc1cncc2ccccc12)C1COc2ccc(F)cc2C1. The number of ether oxygens (including phenoxy) is 1. The van der Waals surface area contributed by atoms with Crippen molar-refractivity contribution in [3.05, 3.63) is 66.2 Å². The molecule has 1 N–H and O–H groups in total. The summed E-state index contributed by atoms with van der Waals surface area (Å²) in [5, 5.41) is 4.82. The van der Waals surface area contributed by atoms with Crippen molar-refractivity contribution in [3.8, 4) is 5.75 Å². The van der Waals surface area contributed by atoms with Crippen LogP contribution in [0, 0.1) is 11.7 Å². The van der Waals surface area contributed by atoms with Crippen LogP contribution in [0.2, 0.25) is 0 Å². The number of carbonyl (C=O) groups excluding carboxylic acids is 1. The highest BCUT2D eigenvalue weighted by molar-refractivity contribution is 6.02. The van der Waals surface area contributed by atoms with Gasteiger partial charge >= 0.3 is 0 Å².